The van der Waals surface area contributed by atoms with Crippen LogP contribution >= 0.6 is 0 Å². The van der Waals surface area contributed by atoms with Gasteiger partial charge >= 0.3 is 6.09 Å². The van der Waals surface area contributed by atoms with Crippen molar-refractivity contribution in [1.29, 1.82) is 0 Å². The first-order valence-corrected chi connectivity index (χ1v) is 10.7. The summed E-state index contributed by atoms with van der Waals surface area (Å²) in [6, 6.07) is 6.58. The summed E-state index contributed by atoms with van der Waals surface area (Å²) < 4.78 is 5.29. The van der Waals surface area contributed by atoms with E-state index in [0.29, 0.717) is 30.3 Å². The first-order valence-electron chi connectivity index (χ1n) is 10.7. The Hall–Kier alpha value is -1.79. The smallest absolute Gasteiger partial charge is 0.407 e. The molecule has 6 nitrogen and oxygen atoms in total. The number of alkyl carbamates (subject to hydrolysis) is 1. The molecule has 0 aromatic heterocycles. The molecule has 162 valence electrons. The van der Waals surface area contributed by atoms with Gasteiger partial charge in [-0.3, -0.25) is 0 Å². The molecule has 1 unspecified atom stereocenters. The van der Waals surface area contributed by atoms with E-state index in [1.54, 1.807) is 6.07 Å². The van der Waals surface area contributed by atoms with Crippen molar-refractivity contribution in [2.75, 3.05) is 26.7 Å². The number of carbonyl (C=O) groups excluding carboxylic acids is 1. The van der Waals surface area contributed by atoms with Gasteiger partial charge in [0.25, 0.3) is 0 Å². The van der Waals surface area contributed by atoms with Crippen LogP contribution in [0, 0.1) is 5.92 Å². The van der Waals surface area contributed by atoms with E-state index in [9.17, 15) is 9.90 Å². The number of likely N-dealkylation sites (tertiary alicyclic amines) is 1. The van der Waals surface area contributed by atoms with E-state index in [-0.39, 0.29) is 11.5 Å². The van der Waals surface area contributed by atoms with Crippen molar-refractivity contribution >= 4 is 6.09 Å². The summed E-state index contributed by atoms with van der Waals surface area (Å²) in [7, 11) is 2.21. The molecule has 3 rings (SSSR count). The van der Waals surface area contributed by atoms with Gasteiger partial charge in [0.2, 0.25) is 0 Å². The van der Waals surface area contributed by atoms with Crippen molar-refractivity contribution in [3.8, 4) is 5.75 Å². The Morgan fingerprint density at radius 2 is 2.07 bits per heavy atom. The first-order chi connectivity index (χ1) is 13.5. The lowest BCUT2D eigenvalue weighted by atomic mass is 9.57. The van der Waals surface area contributed by atoms with Crippen LogP contribution in [0.15, 0.2) is 18.2 Å². The Morgan fingerprint density at radius 1 is 1.34 bits per heavy atom. The van der Waals surface area contributed by atoms with Crippen molar-refractivity contribution in [1.82, 2.24) is 15.5 Å². The molecule has 2 aliphatic rings. The quantitative estimate of drug-likeness (QED) is 0.659. The summed E-state index contributed by atoms with van der Waals surface area (Å²) in [5.41, 5.74) is 2.11. The predicted octanol–water partition coefficient (Wildman–Crippen LogP) is 3.03. The Morgan fingerprint density at radius 3 is 2.76 bits per heavy atom. The van der Waals surface area contributed by atoms with Crippen LogP contribution in [0.25, 0.3) is 0 Å². The maximum absolute atomic E-state index is 11.8. The van der Waals surface area contributed by atoms with E-state index < -0.39 is 5.60 Å². The molecule has 1 aliphatic carbocycles. The topological polar surface area (TPSA) is 73.8 Å². The van der Waals surface area contributed by atoms with Crippen molar-refractivity contribution in [3.63, 3.8) is 0 Å². The largest absolute Gasteiger partial charge is 0.508 e. The molecule has 0 saturated carbocycles. The minimum absolute atomic E-state index is 0.0396. The SMILES string of the molecule is CC1CN(C)[C@@H]2Cc3ccc(O)cc3[C@]1(C)[C@@H]2NCCCNC(=O)OC(C)(C)C. The molecular weight excluding hydrogens is 366 g/mol. The summed E-state index contributed by atoms with van der Waals surface area (Å²) in [6.07, 6.45) is 1.46. The molecule has 1 aromatic rings. The highest BCUT2D eigenvalue weighted by Gasteiger charge is 2.53. The lowest BCUT2D eigenvalue weighted by Crippen LogP contribution is -2.69. The number of hydrogen-bond donors (Lipinski definition) is 3. The highest BCUT2D eigenvalue weighted by Crippen LogP contribution is 2.48. The number of phenols is 1. The molecule has 29 heavy (non-hydrogen) atoms. The van der Waals surface area contributed by atoms with Gasteiger partial charge in [-0.05, 0) is 76.4 Å². The zero-order chi connectivity index (χ0) is 21.4. The number of likely N-dealkylation sites (N-methyl/N-ethyl adjacent to an activating group) is 1. The second-order valence-corrected chi connectivity index (χ2v) is 9.95. The van der Waals surface area contributed by atoms with Crippen LogP contribution in [-0.2, 0) is 16.6 Å². The fraction of sp³-hybridized carbons (Fsp3) is 0.696. The molecule has 4 atom stereocenters. The molecular formula is C23H37N3O3. The minimum atomic E-state index is -0.476. The number of fused-ring (bicyclic) bond motifs is 4. The van der Waals surface area contributed by atoms with Crippen molar-refractivity contribution in [2.24, 2.45) is 5.92 Å². The number of rotatable bonds is 5. The van der Waals surface area contributed by atoms with Gasteiger partial charge < -0.3 is 25.4 Å². The number of nitrogens with one attached hydrogen (secondary N) is 2. The molecule has 0 spiro atoms. The summed E-state index contributed by atoms with van der Waals surface area (Å²) in [4.78, 5) is 14.3. The molecule has 1 fully saturated rings. The van der Waals surface area contributed by atoms with E-state index >= 15 is 0 Å². The molecule has 1 aliphatic heterocycles. The predicted molar refractivity (Wildman–Crippen MR) is 115 cm³/mol. The monoisotopic (exact) mass is 403 g/mol. The molecule has 1 amide bonds. The van der Waals surface area contributed by atoms with Gasteiger partial charge in [-0.25, -0.2) is 4.79 Å². The zero-order valence-electron chi connectivity index (χ0n) is 18.7. The van der Waals surface area contributed by atoms with Crippen molar-refractivity contribution < 1.29 is 14.6 Å². The molecule has 1 saturated heterocycles. The van der Waals surface area contributed by atoms with Gasteiger partial charge in [0.05, 0.1) is 0 Å². The second-order valence-electron chi connectivity index (χ2n) is 9.95. The van der Waals surface area contributed by atoms with Crippen LogP contribution in [0.4, 0.5) is 4.79 Å². The number of nitrogens with zero attached hydrogens (tertiary/aromatic N) is 1. The second kappa shape index (κ2) is 8.15. The van der Waals surface area contributed by atoms with E-state index in [4.69, 9.17) is 4.74 Å². The fourth-order valence-corrected chi connectivity index (χ4v) is 5.09. The standard InChI is InChI=1S/C23H37N3O3/c1-15-14-26(6)19-12-16-8-9-17(27)13-18(16)23(15,5)20(19)24-10-7-11-25-21(28)29-22(2,3)4/h8-9,13,15,19-20,24,27H,7,10-12,14H2,1-6H3,(H,25,28)/t15?,19-,20-,23-/m1/s1. The van der Waals surface area contributed by atoms with Gasteiger partial charge in [-0.1, -0.05) is 19.9 Å². The average Bonchev–Trinajstić information content (AvgIpc) is 2.60. The number of amides is 1. The Balaban J connectivity index is 1.65. The minimum Gasteiger partial charge on any atom is -0.508 e. The van der Waals surface area contributed by atoms with Gasteiger partial charge in [0.15, 0.2) is 0 Å². The number of phenolic OH excluding ortho intramolecular Hbond substituents is 1. The fourth-order valence-electron chi connectivity index (χ4n) is 5.09. The third-order valence-electron chi connectivity index (χ3n) is 6.67. The van der Waals surface area contributed by atoms with Gasteiger partial charge in [-0.15, -0.1) is 0 Å². The summed E-state index contributed by atoms with van der Waals surface area (Å²) in [5, 5.41) is 16.7. The van der Waals surface area contributed by atoms with E-state index in [1.165, 1.54) is 11.1 Å². The van der Waals surface area contributed by atoms with E-state index in [0.717, 1.165) is 25.9 Å². The lowest BCUT2D eigenvalue weighted by Gasteiger charge is -2.58. The van der Waals surface area contributed by atoms with Crippen LogP contribution in [0.3, 0.4) is 0 Å². The van der Waals surface area contributed by atoms with Crippen LogP contribution in [0.5, 0.6) is 5.75 Å². The maximum atomic E-state index is 11.8. The van der Waals surface area contributed by atoms with Crippen molar-refractivity contribution in [3.05, 3.63) is 29.3 Å². The molecule has 0 radical (unpaired) electrons. The molecule has 3 N–H and O–H groups in total. The molecule has 1 heterocycles. The Kier molecular flexibility index (Phi) is 6.16. The van der Waals surface area contributed by atoms with E-state index in [1.807, 2.05) is 26.8 Å². The number of benzene rings is 1. The Bertz CT molecular complexity index is 745. The lowest BCUT2D eigenvalue weighted by molar-refractivity contribution is 0.0231. The summed E-state index contributed by atoms with van der Waals surface area (Å²) in [6.45, 7) is 12.7. The van der Waals surface area contributed by atoms with Crippen LogP contribution in [0.1, 0.15) is 52.2 Å². The van der Waals surface area contributed by atoms with Crippen molar-refractivity contribution in [2.45, 2.75) is 70.6 Å². The summed E-state index contributed by atoms with van der Waals surface area (Å²) in [5.74, 6) is 0.803. The number of hydrogen-bond acceptors (Lipinski definition) is 5. The molecule has 2 bridgehead atoms. The number of aromatic hydroxyl groups is 1. The highest BCUT2D eigenvalue weighted by atomic mass is 16.6. The van der Waals surface area contributed by atoms with Gasteiger partial charge in [-0.2, -0.15) is 0 Å². The van der Waals surface area contributed by atoms with Gasteiger partial charge in [0.1, 0.15) is 11.4 Å². The normalized spacial score (nSPS) is 29.2. The zero-order valence-corrected chi connectivity index (χ0v) is 18.7. The highest BCUT2D eigenvalue weighted by molar-refractivity contribution is 5.67. The van der Waals surface area contributed by atoms with E-state index in [2.05, 4.69) is 42.5 Å². The van der Waals surface area contributed by atoms with Crippen LogP contribution < -0.4 is 10.6 Å². The number of piperidine rings is 1. The molecule has 6 heteroatoms. The first kappa shape index (κ1) is 21.9. The third kappa shape index (κ3) is 4.53. The average molecular weight is 404 g/mol. The summed E-state index contributed by atoms with van der Waals surface area (Å²) >= 11 is 0. The van der Waals surface area contributed by atoms with Crippen LogP contribution in [0.2, 0.25) is 0 Å². The number of ether oxygens (including phenoxy) is 1. The van der Waals surface area contributed by atoms with Gasteiger partial charge in [0, 0.05) is 30.6 Å². The maximum Gasteiger partial charge on any atom is 0.407 e. The third-order valence-corrected chi connectivity index (χ3v) is 6.67. The Labute approximate surface area is 175 Å². The molecule has 1 aromatic carbocycles. The van der Waals surface area contributed by atoms with Crippen LogP contribution in [-0.4, -0.2) is 60.5 Å². The number of carbonyl (C=O) groups is 1.